The molecule has 0 aromatic heterocycles. The lowest BCUT2D eigenvalue weighted by molar-refractivity contribution is -0.136. The number of hydrogen-bond acceptors (Lipinski definition) is 2. The number of nitrogens with one attached hydrogen (secondary N) is 1. The van der Waals surface area contributed by atoms with Crippen LogP contribution < -0.4 is 5.32 Å². The number of nitrogens with zero attached hydrogens (tertiary/aromatic N) is 1. The van der Waals surface area contributed by atoms with E-state index in [1.54, 1.807) is 6.92 Å². The molecule has 1 saturated heterocycles. The summed E-state index contributed by atoms with van der Waals surface area (Å²) in [5.41, 5.74) is 1.05. The summed E-state index contributed by atoms with van der Waals surface area (Å²) in [6, 6.07) is 7.18. The minimum atomic E-state index is -0.493. The Bertz CT molecular complexity index is 518. The van der Waals surface area contributed by atoms with E-state index >= 15 is 0 Å². The summed E-state index contributed by atoms with van der Waals surface area (Å²) in [7, 11) is 0. The monoisotopic (exact) mass is 294 g/mol. The number of rotatable bonds is 3. The molecule has 2 unspecified atom stereocenters. The van der Waals surface area contributed by atoms with Crippen molar-refractivity contribution in [3.05, 3.63) is 34.9 Å². The quantitative estimate of drug-likeness (QED) is 0.931. The highest BCUT2D eigenvalue weighted by molar-refractivity contribution is 6.30. The Morgan fingerprint density at radius 2 is 2.20 bits per heavy atom. The molecule has 1 aliphatic rings. The van der Waals surface area contributed by atoms with Crippen LogP contribution in [0.1, 0.15) is 38.3 Å². The van der Waals surface area contributed by atoms with E-state index in [1.807, 2.05) is 29.2 Å². The van der Waals surface area contributed by atoms with Crippen molar-refractivity contribution in [2.75, 3.05) is 6.54 Å². The summed E-state index contributed by atoms with van der Waals surface area (Å²) in [4.78, 5) is 25.3. The predicted octanol–water partition coefficient (Wildman–Crippen LogP) is 2.53. The molecule has 0 spiro atoms. The Labute approximate surface area is 124 Å². The second-order valence-corrected chi connectivity index (χ2v) is 5.60. The molecule has 2 amide bonds. The number of carbonyl (C=O) groups is 2. The van der Waals surface area contributed by atoms with Crippen LogP contribution in [0.15, 0.2) is 24.3 Å². The van der Waals surface area contributed by atoms with Crippen molar-refractivity contribution < 1.29 is 9.59 Å². The molecular formula is C15H19ClN2O2. The van der Waals surface area contributed by atoms with Gasteiger partial charge in [0.2, 0.25) is 11.8 Å². The second kappa shape index (κ2) is 6.27. The Morgan fingerprint density at radius 1 is 1.45 bits per heavy atom. The fraction of sp³-hybridized carbons (Fsp3) is 0.467. The Morgan fingerprint density at radius 3 is 2.85 bits per heavy atom. The molecule has 0 bridgehead atoms. The van der Waals surface area contributed by atoms with Gasteiger partial charge < -0.3 is 10.2 Å². The molecule has 1 fully saturated rings. The van der Waals surface area contributed by atoms with Gasteiger partial charge in [0.05, 0.1) is 6.04 Å². The Hall–Kier alpha value is -1.55. The number of hydrogen-bond donors (Lipinski definition) is 1. The molecule has 1 aliphatic heterocycles. The Kier molecular flexibility index (Phi) is 4.65. The maximum absolute atomic E-state index is 12.4. The number of carbonyl (C=O) groups excluding carboxylic acids is 2. The number of halogens is 1. The predicted molar refractivity (Wildman–Crippen MR) is 78.4 cm³/mol. The number of amides is 2. The van der Waals surface area contributed by atoms with Gasteiger partial charge in [0.15, 0.2) is 0 Å². The van der Waals surface area contributed by atoms with Gasteiger partial charge in [-0.3, -0.25) is 9.59 Å². The molecule has 1 N–H and O–H groups in total. The fourth-order valence-electron chi connectivity index (χ4n) is 2.71. The van der Waals surface area contributed by atoms with Crippen LogP contribution in [-0.4, -0.2) is 29.3 Å². The van der Waals surface area contributed by atoms with Crippen LogP contribution in [0.5, 0.6) is 0 Å². The van der Waals surface area contributed by atoms with Gasteiger partial charge in [0.1, 0.15) is 6.04 Å². The first-order valence-corrected chi connectivity index (χ1v) is 7.20. The van der Waals surface area contributed by atoms with Crippen molar-refractivity contribution in [1.29, 1.82) is 0 Å². The summed E-state index contributed by atoms with van der Waals surface area (Å²) >= 11 is 6.02. The van der Waals surface area contributed by atoms with E-state index in [-0.39, 0.29) is 17.9 Å². The van der Waals surface area contributed by atoms with E-state index in [0.29, 0.717) is 5.02 Å². The average molecular weight is 295 g/mol. The lowest BCUT2D eigenvalue weighted by Gasteiger charge is -2.28. The first-order valence-electron chi connectivity index (χ1n) is 6.82. The summed E-state index contributed by atoms with van der Waals surface area (Å²) in [6.45, 7) is 3.86. The zero-order valence-electron chi connectivity index (χ0n) is 11.7. The van der Waals surface area contributed by atoms with Crippen LogP contribution >= 0.6 is 11.6 Å². The van der Waals surface area contributed by atoms with Gasteiger partial charge in [0.25, 0.3) is 0 Å². The third-order valence-corrected chi connectivity index (χ3v) is 3.79. The largest absolute Gasteiger partial charge is 0.345 e. The number of benzene rings is 1. The molecule has 2 rings (SSSR count). The molecule has 1 aromatic carbocycles. The van der Waals surface area contributed by atoms with Crippen molar-refractivity contribution >= 4 is 23.4 Å². The third kappa shape index (κ3) is 3.31. The van der Waals surface area contributed by atoms with Gasteiger partial charge in [0, 0.05) is 18.5 Å². The van der Waals surface area contributed by atoms with E-state index in [0.717, 1.165) is 24.9 Å². The zero-order valence-corrected chi connectivity index (χ0v) is 12.5. The van der Waals surface area contributed by atoms with Gasteiger partial charge in [-0.25, -0.2) is 0 Å². The van der Waals surface area contributed by atoms with Crippen molar-refractivity contribution in [1.82, 2.24) is 10.2 Å². The zero-order chi connectivity index (χ0) is 14.7. The van der Waals surface area contributed by atoms with Gasteiger partial charge >= 0.3 is 0 Å². The standard InChI is InChI=1S/C15H19ClN2O2/c1-10(17-11(2)19)15(20)18-8-4-7-14(18)12-5-3-6-13(16)9-12/h3,5-6,9-10,14H,4,7-8H2,1-2H3,(H,17,19). The highest BCUT2D eigenvalue weighted by Gasteiger charge is 2.32. The topological polar surface area (TPSA) is 49.4 Å². The smallest absolute Gasteiger partial charge is 0.245 e. The molecule has 5 heteroatoms. The van der Waals surface area contributed by atoms with Crippen molar-refractivity contribution in [3.63, 3.8) is 0 Å². The molecular weight excluding hydrogens is 276 g/mol. The molecule has 0 radical (unpaired) electrons. The van der Waals surface area contributed by atoms with Crippen LogP contribution in [-0.2, 0) is 9.59 Å². The highest BCUT2D eigenvalue weighted by atomic mass is 35.5. The fourth-order valence-corrected chi connectivity index (χ4v) is 2.91. The van der Waals surface area contributed by atoms with Gasteiger partial charge in [-0.15, -0.1) is 0 Å². The highest BCUT2D eigenvalue weighted by Crippen LogP contribution is 2.33. The summed E-state index contributed by atoms with van der Waals surface area (Å²) in [5, 5.41) is 3.32. The molecule has 0 saturated carbocycles. The average Bonchev–Trinajstić information content (AvgIpc) is 2.86. The van der Waals surface area contributed by atoms with E-state index in [2.05, 4.69) is 5.32 Å². The van der Waals surface area contributed by atoms with Crippen LogP contribution in [0.25, 0.3) is 0 Å². The SMILES string of the molecule is CC(=O)NC(C)C(=O)N1CCCC1c1cccc(Cl)c1. The number of likely N-dealkylation sites (tertiary alicyclic amines) is 1. The molecule has 4 nitrogen and oxygen atoms in total. The van der Waals surface area contributed by atoms with E-state index in [1.165, 1.54) is 6.92 Å². The molecule has 108 valence electrons. The van der Waals surface area contributed by atoms with E-state index in [4.69, 9.17) is 11.6 Å². The maximum Gasteiger partial charge on any atom is 0.245 e. The molecule has 0 aliphatic carbocycles. The summed E-state index contributed by atoms with van der Waals surface area (Å²) in [5.74, 6) is -0.230. The minimum absolute atomic E-state index is 0.0392. The second-order valence-electron chi connectivity index (χ2n) is 5.17. The molecule has 1 heterocycles. The van der Waals surface area contributed by atoms with Gasteiger partial charge in [-0.2, -0.15) is 0 Å². The van der Waals surface area contributed by atoms with Crippen molar-refractivity contribution in [3.8, 4) is 0 Å². The van der Waals surface area contributed by atoms with Crippen LogP contribution in [0, 0.1) is 0 Å². The van der Waals surface area contributed by atoms with Crippen molar-refractivity contribution in [2.45, 2.75) is 38.8 Å². The first kappa shape index (κ1) is 14.9. The molecule has 20 heavy (non-hydrogen) atoms. The Balaban J connectivity index is 2.15. The molecule has 2 atom stereocenters. The maximum atomic E-state index is 12.4. The first-order chi connectivity index (χ1) is 9.49. The lowest BCUT2D eigenvalue weighted by atomic mass is 10.0. The van der Waals surface area contributed by atoms with Gasteiger partial charge in [-0.1, -0.05) is 23.7 Å². The molecule has 1 aromatic rings. The summed E-state index contributed by atoms with van der Waals surface area (Å²) < 4.78 is 0. The minimum Gasteiger partial charge on any atom is -0.345 e. The third-order valence-electron chi connectivity index (χ3n) is 3.56. The van der Waals surface area contributed by atoms with Crippen LogP contribution in [0.3, 0.4) is 0 Å². The van der Waals surface area contributed by atoms with Gasteiger partial charge in [-0.05, 0) is 37.5 Å². The summed E-state index contributed by atoms with van der Waals surface area (Å²) in [6.07, 6.45) is 1.90. The van der Waals surface area contributed by atoms with E-state index in [9.17, 15) is 9.59 Å². The van der Waals surface area contributed by atoms with Crippen LogP contribution in [0.4, 0.5) is 0 Å². The normalized spacial score (nSPS) is 19.8. The van der Waals surface area contributed by atoms with E-state index < -0.39 is 6.04 Å². The lowest BCUT2D eigenvalue weighted by Crippen LogP contribution is -2.46. The van der Waals surface area contributed by atoms with Crippen LogP contribution in [0.2, 0.25) is 5.02 Å². The van der Waals surface area contributed by atoms with Crippen molar-refractivity contribution in [2.24, 2.45) is 0 Å².